The number of aliphatic imine (C=N–C) groups is 1. The van der Waals surface area contributed by atoms with Crippen molar-refractivity contribution in [3.05, 3.63) is 24.3 Å². The van der Waals surface area contributed by atoms with E-state index in [4.69, 9.17) is 9.73 Å². The number of rotatable bonds is 2. The maximum atomic E-state index is 12.5. The third-order valence-corrected chi connectivity index (χ3v) is 5.96. The lowest BCUT2D eigenvalue weighted by Crippen LogP contribution is -2.59. The lowest BCUT2D eigenvalue weighted by atomic mass is 9.82. The summed E-state index contributed by atoms with van der Waals surface area (Å²) in [5, 5.41) is 12.4. The van der Waals surface area contributed by atoms with E-state index in [1.165, 1.54) is 0 Å². The molecular formula is C20H25N5O2. The normalized spacial score (nSPS) is 24.4. The number of hydrogen-bond acceptors (Lipinski definition) is 6. The second-order valence-electron chi connectivity index (χ2n) is 7.47. The van der Waals surface area contributed by atoms with Crippen LogP contribution in [0.3, 0.4) is 0 Å². The van der Waals surface area contributed by atoms with Crippen molar-refractivity contribution in [1.29, 1.82) is 5.26 Å². The highest BCUT2D eigenvalue weighted by molar-refractivity contribution is 6.02. The summed E-state index contributed by atoms with van der Waals surface area (Å²) in [6.45, 7) is 3.25. The van der Waals surface area contributed by atoms with Crippen molar-refractivity contribution in [2.75, 3.05) is 38.2 Å². The van der Waals surface area contributed by atoms with Gasteiger partial charge in [0.05, 0.1) is 18.7 Å². The molecular weight excluding hydrogens is 342 g/mol. The molecule has 1 spiro atoms. The third kappa shape index (κ3) is 3.20. The molecule has 2 heterocycles. The zero-order chi connectivity index (χ0) is 18.9. The first kappa shape index (κ1) is 17.7. The molecule has 2 fully saturated rings. The molecule has 3 aliphatic rings. The SMILES string of the molecule is COc1cccc(N2CCN(C3=NC4(CCCC4)C(C#N)C(=O)N3)CC2)c1. The Morgan fingerprint density at radius 3 is 2.59 bits per heavy atom. The van der Waals surface area contributed by atoms with E-state index in [2.05, 4.69) is 27.3 Å². The predicted molar refractivity (Wildman–Crippen MR) is 103 cm³/mol. The summed E-state index contributed by atoms with van der Waals surface area (Å²) in [4.78, 5) is 21.9. The van der Waals surface area contributed by atoms with E-state index in [0.717, 1.165) is 63.3 Å². The Bertz CT molecular complexity index is 786. The van der Waals surface area contributed by atoms with Gasteiger partial charge in [-0.15, -0.1) is 0 Å². The first-order valence-electron chi connectivity index (χ1n) is 9.59. The second kappa shape index (κ2) is 7.10. The molecule has 1 unspecified atom stereocenters. The predicted octanol–water partition coefficient (Wildman–Crippen LogP) is 1.76. The van der Waals surface area contributed by atoms with Crippen molar-refractivity contribution in [2.45, 2.75) is 31.2 Å². The summed E-state index contributed by atoms with van der Waals surface area (Å²) >= 11 is 0. The van der Waals surface area contributed by atoms with Crippen LogP contribution in [0.25, 0.3) is 0 Å². The van der Waals surface area contributed by atoms with Gasteiger partial charge in [-0.3, -0.25) is 10.1 Å². The summed E-state index contributed by atoms with van der Waals surface area (Å²) < 4.78 is 5.32. The topological polar surface area (TPSA) is 81.0 Å². The Hall–Kier alpha value is -2.75. The summed E-state index contributed by atoms with van der Waals surface area (Å²) in [6, 6.07) is 10.3. The Morgan fingerprint density at radius 2 is 1.93 bits per heavy atom. The fourth-order valence-electron chi connectivity index (χ4n) is 4.43. The Kier molecular flexibility index (Phi) is 4.65. The number of carbonyl (C=O) groups is 1. The molecule has 27 heavy (non-hydrogen) atoms. The maximum Gasteiger partial charge on any atom is 0.246 e. The van der Waals surface area contributed by atoms with Gasteiger partial charge in [-0.2, -0.15) is 5.26 Å². The third-order valence-electron chi connectivity index (χ3n) is 5.96. The molecule has 1 aromatic carbocycles. The fourth-order valence-corrected chi connectivity index (χ4v) is 4.43. The highest BCUT2D eigenvalue weighted by Gasteiger charge is 2.49. The lowest BCUT2D eigenvalue weighted by Gasteiger charge is -2.41. The Morgan fingerprint density at radius 1 is 1.22 bits per heavy atom. The van der Waals surface area contributed by atoms with E-state index in [1.54, 1.807) is 7.11 Å². The molecule has 1 saturated heterocycles. The summed E-state index contributed by atoms with van der Waals surface area (Å²) in [5.74, 6) is 0.643. The largest absolute Gasteiger partial charge is 0.497 e. The van der Waals surface area contributed by atoms with Gasteiger partial charge < -0.3 is 14.5 Å². The van der Waals surface area contributed by atoms with Crippen molar-refractivity contribution in [3.8, 4) is 11.8 Å². The molecule has 1 aromatic rings. The van der Waals surface area contributed by atoms with Gasteiger partial charge in [0, 0.05) is 37.9 Å². The van der Waals surface area contributed by atoms with E-state index < -0.39 is 11.5 Å². The van der Waals surface area contributed by atoms with E-state index in [9.17, 15) is 10.1 Å². The van der Waals surface area contributed by atoms with Crippen LogP contribution in [0, 0.1) is 17.2 Å². The molecule has 0 aromatic heterocycles. The molecule has 7 nitrogen and oxygen atoms in total. The molecule has 7 heteroatoms. The zero-order valence-corrected chi connectivity index (χ0v) is 15.6. The van der Waals surface area contributed by atoms with Crippen LogP contribution in [0.15, 0.2) is 29.3 Å². The summed E-state index contributed by atoms with van der Waals surface area (Å²) in [6.07, 6.45) is 3.72. The van der Waals surface area contributed by atoms with Gasteiger partial charge in [0.2, 0.25) is 11.9 Å². The number of nitrogens with one attached hydrogen (secondary N) is 1. The number of ether oxygens (including phenoxy) is 1. The van der Waals surface area contributed by atoms with Crippen LogP contribution >= 0.6 is 0 Å². The standard InChI is InChI=1S/C20H25N5O2/c1-27-16-6-4-5-15(13-16)24-9-11-25(12-10-24)19-22-18(26)17(14-21)20(23-19)7-2-3-8-20/h4-6,13,17H,2-3,7-12H2,1H3,(H,22,23,26). The molecule has 1 N–H and O–H groups in total. The van der Waals surface area contributed by atoms with Crippen LogP contribution in [0.1, 0.15) is 25.7 Å². The summed E-state index contributed by atoms with van der Waals surface area (Å²) in [7, 11) is 1.67. The molecule has 1 amide bonds. The minimum atomic E-state index is -0.665. The van der Waals surface area contributed by atoms with Gasteiger partial charge in [-0.25, -0.2) is 4.99 Å². The van der Waals surface area contributed by atoms with Crippen molar-refractivity contribution in [2.24, 2.45) is 10.9 Å². The Labute approximate surface area is 159 Å². The molecule has 142 valence electrons. The van der Waals surface area contributed by atoms with Gasteiger partial charge in [-0.05, 0) is 25.0 Å². The van der Waals surface area contributed by atoms with E-state index in [0.29, 0.717) is 5.96 Å². The highest BCUT2D eigenvalue weighted by Crippen LogP contribution is 2.41. The van der Waals surface area contributed by atoms with E-state index >= 15 is 0 Å². The number of benzene rings is 1. The van der Waals surface area contributed by atoms with Gasteiger partial charge in [0.1, 0.15) is 5.75 Å². The van der Waals surface area contributed by atoms with Crippen molar-refractivity contribution in [3.63, 3.8) is 0 Å². The molecule has 1 atom stereocenters. The molecule has 1 saturated carbocycles. The van der Waals surface area contributed by atoms with Crippen LogP contribution in [0.5, 0.6) is 5.75 Å². The lowest BCUT2D eigenvalue weighted by molar-refractivity contribution is -0.124. The van der Waals surface area contributed by atoms with Crippen LogP contribution in [0.4, 0.5) is 5.69 Å². The van der Waals surface area contributed by atoms with Crippen LogP contribution in [0.2, 0.25) is 0 Å². The first-order valence-corrected chi connectivity index (χ1v) is 9.59. The van der Waals surface area contributed by atoms with Crippen molar-refractivity contribution in [1.82, 2.24) is 10.2 Å². The van der Waals surface area contributed by atoms with Crippen LogP contribution in [-0.2, 0) is 4.79 Å². The van der Waals surface area contributed by atoms with Crippen LogP contribution in [-0.4, -0.2) is 55.6 Å². The minimum absolute atomic E-state index is 0.195. The second-order valence-corrected chi connectivity index (χ2v) is 7.47. The number of nitriles is 1. The van der Waals surface area contributed by atoms with Gasteiger partial charge in [0.15, 0.2) is 5.92 Å². The number of methoxy groups -OCH3 is 1. The molecule has 4 rings (SSSR count). The van der Waals surface area contributed by atoms with Gasteiger partial charge in [0.25, 0.3) is 0 Å². The number of nitrogens with zero attached hydrogens (tertiary/aromatic N) is 4. The summed E-state index contributed by atoms with van der Waals surface area (Å²) in [5.41, 5.74) is 0.622. The fraction of sp³-hybridized carbons (Fsp3) is 0.550. The van der Waals surface area contributed by atoms with E-state index in [-0.39, 0.29) is 5.91 Å². The number of carbonyl (C=O) groups excluding carboxylic acids is 1. The molecule has 1 aliphatic carbocycles. The smallest absolute Gasteiger partial charge is 0.246 e. The van der Waals surface area contributed by atoms with Crippen molar-refractivity contribution >= 4 is 17.6 Å². The van der Waals surface area contributed by atoms with Gasteiger partial charge >= 0.3 is 0 Å². The maximum absolute atomic E-state index is 12.5. The highest BCUT2D eigenvalue weighted by atomic mass is 16.5. The zero-order valence-electron chi connectivity index (χ0n) is 15.6. The Balaban J connectivity index is 1.48. The average Bonchev–Trinajstić information content (AvgIpc) is 3.16. The average molecular weight is 367 g/mol. The number of guanidine groups is 1. The number of amides is 1. The van der Waals surface area contributed by atoms with Gasteiger partial charge in [-0.1, -0.05) is 18.9 Å². The first-order chi connectivity index (χ1) is 13.1. The number of anilines is 1. The molecule has 0 radical (unpaired) electrons. The van der Waals surface area contributed by atoms with Crippen molar-refractivity contribution < 1.29 is 9.53 Å². The number of piperazine rings is 1. The quantitative estimate of drug-likeness (QED) is 0.861. The minimum Gasteiger partial charge on any atom is -0.497 e. The molecule has 2 aliphatic heterocycles. The monoisotopic (exact) mass is 367 g/mol. The number of hydrogen-bond donors (Lipinski definition) is 1. The molecule has 0 bridgehead atoms. The van der Waals surface area contributed by atoms with Crippen LogP contribution < -0.4 is 15.0 Å². The van der Waals surface area contributed by atoms with E-state index in [1.807, 2.05) is 18.2 Å².